The number of carbonyl (C=O) groups is 1. The highest BCUT2D eigenvalue weighted by atomic mass is 16.5. The molecule has 0 bridgehead atoms. The molecule has 0 fully saturated rings. The Balaban J connectivity index is 2.40. The lowest BCUT2D eigenvalue weighted by Gasteiger charge is -2.09. The molecule has 15 heavy (non-hydrogen) atoms. The fourth-order valence-corrected chi connectivity index (χ4v) is 1.18. The maximum atomic E-state index is 10.3. The van der Waals surface area contributed by atoms with Crippen LogP contribution in [0.1, 0.15) is 5.56 Å². The van der Waals surface area contributed by atoms with E-state index in [1.54, 1.807) is 0 Å². The molecule has 0 saturated carbocycles. The number of nitrogens with one attached hydrogen (secondary N) is 1. The fraction of sp³-hybridized carbons (Fsp3) is 0.300. The highest BCUT2D eigenvalue weighted by molar-refractivity contribution is 5.67. The molecular weight excluding hydrogens is 194 g/mol. The van der Waals surface area contributed by atoms with E-state index in [9.17, 15) is 4.79 Å². The summed E-state index contributed by atoms with van der Waals surface area (Å²) < 4.78 is 4.56. The number of nitrogen functional groups attached to an aromatic ring is 1. The second-order valence-electron chi connectivity index (χ2n) is 3.18. The molecule has 1 aromatic rings. The van der Waals surface area contributed by atoms with E-state index in [4.69, 9.17) is 11.5 Å². The predicted molar refractivity (Wildman–Crippen MR) is 59.6 cm³/mol. The molecule has 0 aromatic heterocycles. The highest BCUT2D eigenvalue weighted by Gasteiger charge is 1.98. The predicted octanol–water partition coefficient (Wildman–Crippen LogP) is 1.08. The van der Waals surface area contributed by atoms with Crippen LogP contribution in [-0.2, 0) is 4.74 Å². The maximum absolute atomic E-state index is 10.3. The van der Waals surface area contributed by atoms with Crippen molar-refractivity contribution in [3.63, 3.8) is 0 Å². The fourth-order valence-electron chi connectivity index (χ4n) is 1.18. The number of anilines is 2. The number of primary amides is 1. The topological polar surface area (TPSA) is 90.4 Å². The van der Waals surface area contributed by atoms with Gasteiger partial charge in [0.15, 0.2) is 0 Å². The number of carbonyl (C=O) groups excluding carboxylic acids is 1. The molecule has 5 nitrogen and oxygen atoms in total. The number of hydrogen-bond acceptors (Lipinski definition) is 4. The van der Waals surface area contributed by atoms with E-state index in [2.05, 4.69) is 10.1 Å². The molecule has 5 N–H and O–H groups in total. The van der Waals surface area contributed by atoms with Crippen LogP contribution in [0.3, 0.4) is 0 Å². The highest BCUT2D eigenvalue weighted by Crippen LogP contribution is 2.18. The Morgan fingerprint density at radius 3 is 2.87 bits per heavy atom. The Hall–Kier alpha value is -1.91. The molecule has 0 spiro atoms. The number of benzene rings is 1. The molecular formula is C10H15N3O2. The first-order chi connectivity index (χ1) is 7.09. The summed E-state index contributed by atoms with van der Waals surface area (Å²) in [6, 6.07) is 5.71. The van der Waals surface area contributed by atoms with Crippen molar-refractivity contribution < 1.29 is 9.53 Å². The second kappa shape index (κ2) is 5.09. The van der Waals surface area contributed by atoms with Crippen LogP contribution in [-0.4, -0.2) is 19.2 Å². The van der Waals surface area contributed by atoms with E-state index in [0.717, 1.165) is 11.3 Å². The van der Waals surface area contributed by atoms with Gasteiger partial charge in [0.05, 0.1) is 11.4 Å². The summed E-state index contributed by atoms with van der Waals surface area (Å²) in [5, 5.41) is 3.04. The quantitative estimate of drug-likeness (QED) is 0.511. The van der Waals surface area contributed by atoms with Crippen LogP contribution in [0.5, 0.6) is 0 Å². The van der Waals surface area contributed by atoms with Crippen LogP contribution in [0.2, 0.25) is 0 Å². The third-order valence-corrected chi connectivity index (χ3v) is 1.87. The van der Waals surface area contributed by atoms with Gasteiger partial charge in [-0.25, -0.2) is 4.79 Å². The lowest BCUT2D eigenvalue weighted by molar-refractivity contribution is 0.161. The SMILES string of the molecule is Cc1ccc(NCCOC(N)=O)c(N)c1. The number of ether oxygens (including phenoxy) is 1. The Morgan fingerprint density at radius 2 is 2.27 bits per heavy atom. The third-order valence-electron chi connectivity index (χ3n) is 1.87. The van der Waals surface area contributed by atoms with Crippen LogP contribution in [0, 0.1) is 6.92 Å². The normalized spacial score (nSPS) is 9.67. The van der Waals surface area contributed by atoms with Crippen molar-refractivity contribution >= 4 is 17.5 Å². The first kappa shape index (κ1) is 11.2. The molecule has 0 atom stereocenters. The summed E-state index contributed by atoms with van der Waals surface area (Å²) in [6.07, 6.45) is -0.770. The molecule has 82 valence electrons. The van der Waals surface area contributed by atoms with Gasteiger partial charge in [0.2, 0.25) is 0 Å². The summed E-state index contributed by atoms with van der Waals surface area (Å²) in [5.41, 5.74) is 13.2. The molecule has 0 aliphatic heterocycles. The van der Waals surface area contributed by atoms with Crippen LogP contribution >= 0.6 is 0 Å². The first-order valence-electron chi connectivity index (χ1n) is 4.62. The molecule has 0 saturated heterocycles. The Labute approximate surface area is 88.4 Å². The van der Waals surface area contributed by atoms with Crippen LogP contribution in [0.4, 0.5) is 16.2 Å². The van der Waals surface area contributed by atoms with E-state index >= 15 is 0 Å². The lowest BCUT2D eigenvalue weighted by atomic mass is 10.2. The molecule has 1 rings (SSSR count). The van der Waals surface area contributed by atoms with Crippen molar-refractivity contribution in [1.82, 2.24) is 0 Å². The first-order valence-corrected chi connectivity index (χ1v) is 4.62. The number of hydrogen-bond donors (Lipinski definition) is 3. The van der Waals surface area contributed by atoms with E-state index in [-0.39, 0.29) is 6.61 Å². The lowest BCUT2D eigenvalue weighted by Crippen LogP contribution is -2.18. The van der Waals surface area contributed by atoms with Gasteiger partial charge in [-0.2, -0.15) is 0 Å². The summed E-state index contributed by atoms with van der Waals surface area (Å²) >= 11 is 0. The van der Waals surface area contributed by atoms with Gasteiger partial charge in [-0.05, 0) is 24.6 Å². The molecule has 1 amide bonds. The largest absolute Gasteiger partial charge is 0.448 e. The molecule has 0 aliphatic rings. The number of aryl methyl sites for hydroxylation is 1. The van der Waals surface area contributed by atoms with Crippen molar-refractivity contribution in [3.05, 3.63) is 23.8 Å². The van der Waals surface area contributed by atoms with Crippen molar-refractivity contribution in [1.29, 1.82) is 0 Å². The average molecular weight is 209 g/mol. The minimum absolute atomic E-state index is 0.225. The minimum atomic E-state index is -0.770. The monoisotopic (exact) mass is 209 g/mol. The third kappa shape index (κ3) is 3.76. The second-order valence-corrected chi connectivity index (χ2v) is 3.18. The summed E-state index contributed by atoms with van der Waals surface area (Å²) in [6.45, 7) is 2.68. The van der Waals surface area contributed by atoms with E-state index < -0.39 is 6.09 Å². The smallest absolute Gasteiger partial charge is 0.404 e. The maximum Gasteiger partial charge on any atom is 0.404 e. The molecule has 0 unspecified atom stereocenters. The molecule has 0 aliphatic carbocycles. The van der Waals surface area contributed by atoms with Crippen LogP contribution in [0.15, 0.2) is 18.2 Å². The molecule has 0 radical (unpaired) electrons. The van der Waals surface area contributed by atoms with Gasteiger partial charge in [-0.3, -0.25) is 0 Å². The van der Waals surface area contributed by atoms with Gasteiger partial charge in [0.25, 0.3) is 0 Å². The van der Waals surface area contributed by atoms with Crippen molar-refractivity contribution in [2.45, 2.75) is 6.92 Å². The zero-order valence-electron chi connectivity index (χ0n) is 8.62. The standard InChI is InChI=1S/C10H15N3O2/c1-7-2-3-9(8(11)6-7)13-4-5-15-10(12)14/h2-3,6,13H,4-5,11H2,1H3,(H2,12,14). The minimum Gasteiger partial charge on any atom is -0.448 e. The summed E-state index contributed by atoms with van der Waals surface area (Å²) in [5.74, 6) is 0. The Kier molecular flexibility index (Phi) is 3.79. The van der Waals surface area contributed by atoms with Gasteiger partial charge in [0.1, 0.15) is 6.61 Å². The summed E-state index contributed by atoms with van der Waals surface area (Å²) in [4.78, 5) is 10.3. The van der Waals surface area contributed by atoms with E-state index in [0.29, 0.717) is 12.2 Å². The Bertz CT molecular complexity index is 353. The van der Waals surface area contributed by atoms with Gasteiger partial charge in [-0.1, -0.05) is 6.07 Å². The Morgan fingerprint density at radius 1 is 1.53 bits per heavy atom. The molecule has 1 aromatic carbocycles. The number of amides is 1. The number of nitrogens with two attached hydrogens (primary N) is 2. The van der Waals surface area contributed by atoms with Crippen LogP contribution < -0.4 is 16.8 Å². The van der Waals surface area contributed by atoms with E-state index in [1.165, 1.54) is 0 Å². The van der Waals surface area contributed by atoms with Gasteiger partial charge < -0.3 is 21.5 Å². The average Bonchev–Trinajstić information content (AvgIpc) is 2.14. The van der Waals surface area contributed by atoms with Crippen molar-refractivity contribution in [3.8, 4) is 0 Å². The van der Waals surface area contributed by atoms with Gasteiger partial charge in [0, 0.05) is 6.54 Å². The number of rotatable bonds is 4. The zero-order valence-corrected chi connectivity index (χ0v) is 8.62. The van der Waals surface area contributed by atoms with Gasteiger partial charge >= 0.3 is 6.09 Å². The van der Waals surface area contributed by atoms with Crippen molar-refractivity contribution in [2.24, 2.45) is 5.73 Å². The molecule has 5 heteroatoms. The van der Waals surface area contributed by atoms with Crippen LogP contribution in [0.25, 0.3) is 0 Å². The molecule has 0 heterocycles. The van der Waals surface area contributed by atoms with Crippen molar-refractivity contribution in [2.75, 3.05) is 24.2 Å². The van der Waals surface area contributed by atoms with Gasteiger partial charge in [-0.15, -0.1) is 0 Å². The zero-order chi connectivity index (χ0) is 11.3. The summed E-state index contributed by atoms with van der Waals surface area (Å²) in [7, 11) is 0. The van der Waals surface area contributed by atoms with E-state index in [1.807, 2.05) is 25.1 Å².